The molecule has 0 saturated carbocycles. The molecule has 0 aliphatic carbocycles. The van der Waals surface area contributed by atoms with Crippen LogP contribution in [0.25, 0.3) is 0 Å². The molecule has 0 aromatic carbocycles. The van der Waals surface area contributed by atoms with E-state index < -0.39 is 40.0 Å². The third-order valence-electron chi connectivity index (χ3n) is 2.47. The van der Waals surface area contributed by atoms with Gasteiger partial charge in [-0.1, -0.05) is 0 Å². The lowest BCUT2D eigenvalue weighted by molar-refractivity contribution is -0.128. The van der Waals surface area contributed by atoms with Crippen LogP contribution in [-0.2, 0) is 14.6 Å². The van der Waals surface area contributed by atoms with Crippen LogP contribution in [0.15, 0.2) is 0 Å². The minimum atomic E-state index is -3.66. The van der Waals surface area contributed by atoms with Crippen LogP contribution in [0, 0.1) is 0 Å². The second-order valence-electron chi connectivity index (χ2n) is 4.02. The predicted octanol–water partition coefficient (Wildman–Crippen LogP) is -2.81. The molecule has 0 bridgehead atoms. The Kier molecular flexibility index (Phi) is 5.31. The maximum absolute atomic E-state index is 11.7. The number of nitrogens with zero attached hydrogens (tertiary/aromatic N) is 1. The van der Waals surface area contributed by atoms with Crippen molar-refractivity contribution >= 4 is 15.7 Å². The molecule has 100 valence electrons. The van der Waals surface area contributed by atoms with Gasteiger partial charge in [0.05, 0.1) is 18.5 Å². The molecule has 0 aromatic heterocycles. The van der Waals surface area contributed by atoms with Crippen molar-refractivity contribution in [1.29, 1.82) is 0 Å². The molecule has 17 heavy (non-hydrogen) atoms. The molecule has 1 saturated heterocycles. The summed E-state index contributed by atoms with van der Waals surface area (Å²) in [6.07, 6.45) is -1.32. The summed E-state index contributed by atoms with van der Waals surface area (Å²) in [5.74, 6) is -1.64. The smallest absolute Gasteiger partial charge is 0.237 e. The van der Waals surface area contributed by atoms with E-state index in [2.05, 4.69) is 5.32 Å². The molecule has 1 rings (SSSR count). The summed E-state index contributed by atoms with van der Waals surface area (Å²) in [4.78, 5) is 13.1. The summed E-state index contributed by atoms with van der Waals surface area (Å²) in [6, 6.07) is 0. The molecular weight excluding hydrogens is 248 g/mol. The highest BCUT2D eigenvalue weighted by molar-refractivity contribution is 7.92. The Labute approximate surface area is 100 Å². The van der Waals surface area contributed by atoms with E-state index >= 15 is 0 Å². The van der Waals surface area contributed by atoms with E-state index in [0.717, 1.165) is 0 Å². The molecule has 0 spiro atoms. The van der Waals surface area contributed by atoms with Gasteiger partial charge in [0.15, 0.2) is 9.84 Å². The number of rotatable bonds is 5. The van der Waals surface area contributed by atoms with Gasteiger partial charge < -0.3 is 20.4 Å². The van der Waals surface area contributed by atoms with Gasteiger partial charge in [0.25, 0.3) is 0 Å². The Hall–Kier alpha value is -0.700. The summed E-state index contributed by atoms with van der Waals surface area (Å²) in [6.45, 7) is 1.69. The average Bonchev–Trinajstić information content (AvgIpc) is 2.28. The van der Waals surface area contributed by atoms with Crippen molar-refractivity contribution in [2.24, 2.45) is 0 Å². The quantitative estimate of drug-likeness (QED) is 0.496. The van der Waals surface area contributed by atoms with Gasteiger partial charge in [0.1, 0.15) is 5.75 Å². The highest BCUT2D eigenvalue weighted by Crippen LogP contribution is 2.00. The first-order valence-electron chi connectivity index (χ1n) is 5.42. The topological polar surface area (TPSA) is 107 Å². The summed E-state index contributed by atoms with van der Waals surface area (Å²) in [5, 5.41) is 20.7. The van der Waals surface area contributed by atoms with Crippen LogP contribution in [0.1, 0.15) is 0 Å². The Bertz CT molecular complexity index is 350. The number of aliphatic hydroxyl groups excluding tert-OH is 2. The van der Waals surface area contributed by atoms with Crippen LogP contribution in [0.3, 0.4) is 0 Å². The molecule has 1 fully saturated rings. The molecule has 0 aromatic rings. The molecule has 8 heteroatoms. The second-order valence-corrected chi connectivity index (χ2v) is 6.13. The Morgan fingerprint density at radius 2 is 1.94 bits per heavy atom. The lowest BCUT2D eigenvalue weighted by atomic mass is 10.3. The highest BCUT2D eigenvalue weighted by Gasteiger charge is 2.24. The van der Waals surface area contributed by atoms with Gasteiger partial charge in [-0.2, -0.15) is 0 Å². The van der Waals surface area contributed by atoms with Crippen LogP contribution in [0.2, 0.25) is 0 Å². The number of carbonyl (C=O) groups is 1. The van der Waals surface area contributed by atoms with Crippen LogP contribution in [-0.4, -0.2) is 79.8 Å². The van der Waals surface area contributed by atoms with Crippen LogP contribution in [0.5, 0.6) is 0 Å². The van der Waals surface area contributed by atoms with Crippen LogP contribution < -0.4 is 5.32 Å². The first-order valence-corrected chi connectivity index (χ1v) is 7.24. The molecule has 1 unspecified atom stereocenters. The van der Waals surface area contributed by atoms with Gasteiger partial charge >= 0.3 is 0 Å². The lowest BCUT2D eigenvalue weighted by Gasteiger charge is -2.27. The fourth-order valence-electron chi connectivity index (χ4n) is 1.60. The molecule has 1 aliphatic rings. The Balaban J connectivity index is 2.48. The molecule has 7 nitrogen and oxygen atoms in total. The van der Waals surface area contributed by atoms with Gasteiger partial charge in [0, 0.05) is 26.2 Å². The average molecular weight is 266 g/mol. The van der Waals surface area contributed by atoms with Crippen molar-refractivity contribution in [2.75, 3.05) is 44.3 Å². The van der Waals surface area contributed by atoms with Crippen molar-refractivity contribution in [1.82, 2.24) is 10.2 Å². The maximum atomic E-state index is 11.7. The standard InChI is InChI=1S/C9H18N2O5S/c12-5-8(13)6-17(15,16)7-9(14)11-3-1-10-2-4-11/h8,10,12-13H,1-7H2. The first-order chi connectivity index (χ1) is 7.94. The van der Waals surface area contributed by atoms with E-state index in [1.165, 1.54) is 4.90 Å². The minimum absolute atomic E-state index is 0.448. The minimum Gasteiger partial charge on any atom is -0.394 e. The van der Waals surface area contributed by atoms with Crippen molar-refractivity contribution in [3.8, 4) is 0 Å². The number of amides is 1. The highest BCUT2D eigenvalue weighted by atomic mass is 32.2. The largest absolute Gasteiger partial charge is 0.394 e. The predicted molar refractivity (Wildman–Crippen MR) is 61.2 cm³/mol. The molecule has 1 amide bonds. The Morgan fingerprint density at radius 1 is 1.35 bits per heavy atom. The number of piperazine rings is 1. The van der Waals surface area contributed by atoms with E-state index in [4.69, 9.17) is 10.2 Å². The summed E-state index contributed by atoms with van der Waals surface area (Å²) in [7, 11) is -3.66. The summed E-state index contributed by atoms with van der Waals surface area (Å²) >= 11 is 0. The fraction of sp³-hybridized carbons (Fsp3) is 0.889. The SMILES string of the molecule is O=C(CS(=O)(=O)CC(O)CO)N1CCNCC1. The lowest BCUT2D eigenvalue weighted by Crippen LogP contribution is -2.48. The molecule has 0 radical (unpaired) electrons. The Morgan fingerprint density at radius 3 is 2.47 bits per heavy atom. The normalized spacial score (nSPS) is 19.1. The zero-order chi connectivity index (χ0) is 12.9. The van der Waals surface area contributed by atoms with E-state index in [9.17, 15) is 13.2 Å². The molecule has 1 atom stereocenters. The third-order valence-corrected chi connectivity index (χ3v) is 4.05. The number of aliphatic hydroxyl groups is 2. The number of hydrogen-bond acceptors (Lipinski definition) is 6. The monoisotopic (exact) mass is 266 g/mol. The second kappa shape index (κ2) is 6.29. The zero-order valence-corrected chi connectivity index (χ0v) is 10.3. The van der Waals surface area contributed by atoms with E-state index in [-0.39, 0.29) is 0 Å². The van der Waals surface area contributed by atoms with Crippen molar-refractivity contribution in [3.63, 3.8) is 0 Å². The zero-order valence-electron chi connectivity index (χ0n) is 9.50. The summed E-state index contributed by atoms with van der Waals surface area (Å²) in [5.41, 5.74) is 0. The van der Waals surface area contributed by atoms with Gasteiger partial charge in [-0.25, -0.2) is 8.42 Å². The third kappa shape index (κ3) is 4.99. The van der Waals surface area contributed by atoms with Crippen molar-refractivity contribution in [3.05, 3.63) is 0 Å². The number of hydrogen-bond donors (Lipinski definition) is 3. The summed E-state index contributed by atoms with van der Waals surface area (Å²) < 4.78 is 23.0. The van der Waals surface area contributed by atoms with E-state index in [0.29, 0.717) is 26.2 Å². The van der Waals surface area contributed by atoms with Gasteiger partial charge in [0.2, 0.25) is 5.91 Å². The number of sulfone groups is 1. The molecule has 1 aliphatic heterocycles. The van der Waals surface area contributed by atoms with Gasteiger partial charge in [-0.05, 0) is 0 Å². The molecule has 1 heterocycles. The maximum Gasteiger partial charge on any atom is 0.237 e. The number of nitrogens with one attached hydrogen (secondary N) is 1. The van der Waals surface area contributed by atoms with Gasteiger partial charge in [-0.3, -0.25) is 4.79 Å². The molecular formula is C9H18N2O5S. The van der Waals surface area contributed by atoms with Crippen molar-refractivity contribution in [2.45, 2.75) is 6.10 Å². The van der Waals surface area contributed by atoms with Crippen molar-refractivity contribution < 1.29 is 23.4 Å². The fourth-order valence-corrected chi connectivity index (χ4v) is 2.97. The van der Waals surface area contributed by atoms with Crippen LogP contribution >= 0.6 is 0 Å². The first kappa shape index (κ1) is 14.4. The van der Waals surface area contributed by atoms with Crippen LogP contribution in [0.4, 0.5) is 0 Å². The molecule has 3 N–H and O–H groups in total. The van der Waals surface area contributed by atoms with E-state index in [1.807, 2.05) is 0 Å². The van der Waals surface area contributed by atoms with E-state index in [1.54, 1.807) is 0 Å². The number of carbonyl (C=O) groups excluding carboxylic acids is 1. The van der Waals surface area contributed by atoms with Gasteiger partial charge in [-0.15, -0.1) is 0 Å².